The normalized spacial score (nSPS) is 14.6. The van der Waals surface area contributed by atoms with Crippen LogP contribution in [-0.4, -0.2) is 23.1 Å². The molecule has 0 saturated carbocycles. The third-order valence-corrected chi connectivity index (χ3v) is 6.46. The molecule has 1 N–H and O–H groups in total. The van der Waals surface area contributed by atoms with Crippen molar-refractivity contribution < 1.29 is 4.74 Å². The van der Waals surface area contributed by atoms with Gasteiger partial charge in [0, 0.05) is 24.8 Å². The van der Waals surface area contributed by atoms with E-state index in [9.17, 15) is 0 Å². The van der Waals surface area contributed by atoms with E-state index in [1.165, 1.54) is 24.3 Å². The molecule has 0 unspecified atom stereocenters. The summed E-state index contributed by atoms with van der Waals surface area (Å²) in [5.41, 5.74) is 3.03. The van der Waals surface area contributed by atoms with Gasteiger partial charge in [0.05, 0.1) is 5.69 Å². The van der Waals surface area contributed by atoms with E-state index in [0.29, 0.717) is 5.88 Å². The number of nitrogens with one attached hydrogen (secondary N) is 1. The van der Waals surface area contributed by atoms with Gasteiger partial charge in [-0.05, 0) is 49.8 Å². The Morgan fingerprint density at radius 3 is 2.57 bits per heavy atom. The molecule has 2 aromatic heterocycles. The molecule has 1 aliphatic rings. The number of hydrogen-bond donors (Lipinski definition) is 1. The topological polar surface area (TPSA) is 50.3 Å². The molecule has 1 saturated heterocycles. The van der Waals surface area contributed by atoms with Crippen molar-refractivity contribution in [2.75, 3.05) is 23.3 Å². The molecular weight excluding hydrogens is 392 g/mol. The van der Waals surface area contributed by atoms with Crippen LogP contribution in [0.25, 0.3) is 0 Å². The van der Waals surface area contributed by atoms with Gasteiger partial charge in [0.2, 0.25) is 5.88 Å². The summed E-state index contributed by atoms with van der Waals surface area (Å²) in [5, 5.41) is 5.58. The number of nitrogens with zero attached hydrogens (tertiary/aromatic N) is 3. The highest BCUT2D eigenvalue weighted by molar-refractivity contribution is 7.19. The SMILES string of the molecule is Cc1nc(Nc2cccnc2Oc2ccccc2C(C)(C)C)sc1N1CCCCC1. The molecule has 1 fully saturated rings. The monoisotopic (exact) mass is 422 g/mol. The molecule has 0 radical (unpaired) electrons. The van der Waals surface area contributed by atoms with Gasteiger partial charge in [-0.1, -0.05) is 50.3 Å². The Morgan fingerprint density at radius 2 is 1.80 bits per heavy atom. The third kappa shape index (κ3) is 4.59. The minimum atomic E-state index is -0.0191. The van der Waals surface area contributed by atoms with Gasteiger partial charge in [0.15, 0.2) is 5.13 Å². The second-order valence-corrected chi connectivity index (χ2v) is 9.76. The molecule has 0 amide bonds. The molecule has 0 spiro atoms. The molecule has 1 aromatic carbocycles. The Labute approximate surface area is 183 Å². The number of aromatic nitrogens is 2. The molecular formula is C24H30N4OS. The van der Waals surface area contributed by atoms with Crippen LogP contribution in [0.3, 0.4) is 0 Å². The van der Waals surface area contributed by atoms with E-state index >= 15 is 0 Å². The van der Waals surface area contributed by atoms with Crippen LogP contribution in [-0.2, 0) is 5.41 Å². The van der Waals surface area contributed by atoms with E-state index in [4.69, 9.17) is 9.72 Å². The van der Waals surface area contributed by atoms with Crippen molar-refractivity contribution in [3.05, 3.63) is 53.9 Å². The maximum absolute atomic E-state index is 6.29. The summed E-state index contributed by atoms with van der Waals surface area (Å²) in [6.07, 6.45) is 5.60. The summed E-state index contributed by atoms with van der Waals surface area (Å²) in [5.74, 6) is 1.39. The van der Waals surface area contributed by atoms with Crippen LogP contribution in [0.4, 0.5) is 15.8 Å². The van der Waals surface area contributed by atoms with Crippen LogP contribution in [0.2, 0.25) is 0 Å². The summed E-state index contributed by atoms with van der Waals surface area (Å²) in [7, 11) is 0. The average molecular weight is 423 g/mol. The van der Waals surface area contributed by atoms with Crippen LogP contribution < -0.4 is 15.0 Å². The Bertz CT molecular complexity index is 1000. The van der Waals surface area contributed by atoms with Gasteiger partial charge in [0.25, 0.3) is 0 Å². The van der Waals surface area contributed by atoms with Crippen molar-refractivity contribution in [2.24, 2.45) is 0 Å². The zero-order chi connectivity index (χ0) is 21.1. The van der Waals surface area contributed by atoms with E-state index < -0.39 is 0 Å². The van der Waals surface area contributed by atoms with Gasteiger partial charge in [-0.2, -0.15) is 0 Å². The summed E-state index contributed by atoms with van der Waals surface area (Å²) >= 11 is 1.70. The number of anilines is 3. The van der Waals surface area contributed by atoms with Crippen molar-refractivity contribution in [2.45, 2.75) is 52.4 Å². The number of ether oxygens (including phenoxy) is 1. The first-order chi connectivity index (χ1) is 14.4. The quantitative estimate of drug-likeness (QED) is 0.497. The molecule has 30 heavy (non-hydrogen) atoms. The fourth-order valence-electron chi connectivity index (χ4n) is 3.79. The van der Waals surface area contributed by atoms with E-state index in [0.717, 1.165) is 40.9 Å². The number of hydrogen-bond acceptors (Lipinski definition) is 6. The van der Waals surface area contributed by atoms with Crippen molar-refractivity contribution >= 4 is 27.2 Å². The first kappa shape index (κ1) is 20.7. The molecule has 6 heteroatoms. The first-order valence-corrected chi connectivity index (χ1v) is 11.5. The van der Waals surface area contributed by atoms with Crippen LogP contribution in [0.1, 0.15) is 51.3 Å². The van der Waals surface area contributed by atoms with Crippen molar-refractivity contribution in [1.82, 2.24) is 9.97 Å². The summed E-state index contributed by atoms with van der Waals surface area (Å²) in [6.45, 7) is 10.9. The molecule has 5 nitrogen and oxygen atoms in total. The highest BCUT2D eigenvalue weighted by Crippen LogP contribution is 2.38. The van der Waals surface area contributed by atoms with Gasteiger partial charge in [-0.3, -0.25) is 0 Å². The molecule has 3 heterocycles. The number of piperidine rings is 1. The number of para-hydroxylation sites is 1. The summed E-state index contributed by atoms with van der Waals surface area (Å²) < 4.78 is 6.29. The van der Waals surface area contributed by atoms with Crippen molar-refractivity contribution in [3.8, 4) is 11.6 Å². The maximum Gasteiger partial charge on any atom is 0.243 e. The number of benzene rings is 1. The van der Waals surface area contributed by atoms with E-state index in [-0.39, 0.29) is 5.41 Å². The lowest BCUT2D eigenvalue weighted by Gasteiger charge is -2.27. The van der Waals surface area contributed by atoms with Crippen LogP contribution in [0, 0.1) is 6.92 Å². The number of thiazole rings is 1. The Balaban J connectivity index is 1.58. The Hall–Kier alpha value is -2.60. The maximum atomic E-state index is 6.29. The van der Waals surface area contributed by atoms with E-state index in [1.807, 2.05) is 30.3 Å². The zero-order valence-electron chi connectivity index (χ0n) is 18.2. The van der Waals surface area contributed by atoms with Gasteiger partial charge in [-0.15, -0.1) is 0 Å². The van der Waals surface area contributed by atoms with Crippen LogP contribution >= 0.6 is 11.3 Å². The van der Waals surface area contributed by atoms with E-state index in [1.54, 1.807) is 17.5 Å². The zero-order valence-corrected chi connectivity index (χ0v) is 19.1. The minimum absolute atomic E-state index is 0.0191. The number of pyridine rings is 1. The van der Waals surface area contributed by atoms with E-state index in [2.05, 4.69) is 49.0 Å². The van der Waals surface area contributed by atoms with Crippen LogP contribution in [0.5, 0.6) is 11.6 Å². The molecule has 4 rings (SSSR count). The van der Waals surface area contributed by atoms with Crippen molar-refractivity contribution in [1.29, 1.82) is 0 Å². The third-order valence-electron chi connectivity index (χ3n) is 5.33. The number of aryl methyl sites for hydroxylation is 1. The molecule has 0 bridgehead atoms. The second-order valence-electron chi connectivity index (χ2n) is 8.79. The number of rotatable bonds is 5. The fraction of sp³-hybridized carbons (Fsp3) is 0.417. The molecule has 0 aliphatic carbocycles. The predicted octanol–water partition coefficient (Wildman–Crippen LogP) is 6.67. The fourth-order valence-corrected chi connectivity index (χ4v) is 4.83. The highest BCUT2D eigenvalue weighted by Gasteiger charge is 2.21. The summed E-state index contributed by atoms with van der Waals surface area (Å²) in [4.78, 5) is 11.7. The predicted molar refractivity (Wildman–Crippen MR) is 126 cm³/mol. The minimum Gasteiger partial charge on any atom is -0.437 e. The van der Waals surface area contributed by atoms with Crippen LogP contribution in [0.15, 0.2) is 42.6 Å². The molecule has 158 valence electrons. The first-order valence-electron chi connectivity index (χ1n) is 10.6. The lowest BCUT2D eigenvalue weighted by atomic mass is 9.86. The van der Waals surface area contributed by atoms with Gasteiger partial charge < -0.3 is 15.0 Å². The average Bonchev–Trinajstić information content (AvgIpc) is 3.10. The second kappa shape index (κ2) is 8.64. The molecule has 3 aromatic rings. The van der Waals surface area contributed by atoms with Gasteiger partial charge >= 0.3 is 0 Å². The smallest absolute Gasteiger partial charge is 0.243 e. The highest BCUT2D eigenvalue weighted by atomic mass is 32.1. The summed E-state index contributed by atoms with van der Waals surface area (Å²) in [6, 6.07) is 12.1. The molecule has 1 aliphatic heterocycles. The largest absolute Gasteiger partial charge is 0.437 e. The standard InChI is InChI=1S/C24H30N4OS/c1-17-22(28-15-8-5-9-16-28)30-23(26-17)27-19-12-10-14-25-21(19)29-20-13-7-6-11-18(20)24(2,3)4/h6-7,10-14H,5,8-9,15-16H2,1-4H3,(H,26,27). The lowest BCUT2D eigenvalue weighted by Crippen LogP contribution is -2.29. The lowest BCUT2D eigenvalue weighted by molar-refractivity contribution is 0.442. The van der Waals surface area contributed by atoms with Crippen molar-refractivity contribution in [3.63, 3.8) is 0 Å². The van der Waals surface area contributed by atoms with Gasteiger partial charge in [0.1, 0.15) is 16.4 Å². The Kier molecular flexibility index (Phi) is 5.95. The Morgan fingerprint density at radius 1 is 1.03 bits per heavy atom. The molecule has 0 atom stereocenters. The van der Waals surface area contributed by atoms with Gasteiger partial charge in [-0.25, -0.2) is 9.97 Å².